The summed E-state index contributed by atoms with van der Waals surface area (Å²) in [7, 11) is 0. The minimum Gasteiger partial charge on any atom is -0.484 e. The Morgan fingerprint density at radius 2 is 1.44 bits per heavy atom. The summed E-state index contributed by atoms with van der Waals surface area (Å²) < 4.78 is 6.97. The minimum atomic E-state index is -1.24. The zero-order valence-corrected chi connectivity index (χ0v) is 21.4. The standard InChI is InChI=1S/C34H28N2O3/c37-30-24-16-7-10-20-28(24)39-31(23-14-5-2-6-15-23)33(30)29(22-12-3-1-4-13-22)27-19-11-21-36(27)34(33)25-17-8-9-18-26(25)35-32(34)38/h1-10,12-18,20,27,29,31H,11,19,21H2,(H,35,38)/t27-,29-,31?,33+,34+/m1/s1. The first-order valence-corrected chi connectivity index (χ1v) is 13.8. The average Bonchev–Trinajstić information content (AvgIpc) is 3.64. The Balaban J connectivity index is 1.55. The van der Waals surface area contributed by atoms with Crippen LogP contribution in [-0.4, -0.2) is 29.2 Å². The molecule has 0 saturated carbocycles. The van der Waals surface area contributed by atoms with Gasteiger partial charge in [0.05, 0.1) is 5.56 Å². The number of anilines is 1. The van der Waals surface area contributed by atoms with Crippen molar-refractivity contribution >= 4 is 17.4 Å². The van der Waals surface area contributed by atoms with E-state index < -0.39 is 17.1 Å². The summed E-state index contributed by atoms with van der Waals surface area (Å²) >= 11 is 0. The fourth-order valence-corrected chi connectivity index (χ4v) is 8.34. The Morgan fingerprint density at radius 1 is 0.769 bits per heavy atom. The SMILES string of the molecule is O=C1c2ccccc2OC(c2ccccc2)[C@]12[C@H](c1ccccc1)[C@H]1CCCN1[C@@]21C(=O)Nc2ccccc21. The van der Waals surface area contributed by atoms with E-state index in [-0.39, 0.29) is 23.7 Å². The zero-order chi connectivity index (χ0) is 26.2. The molecule has 8 rings (SSSR count). The number of Topliss-reactive ketones (excluding diaryl/α,β-unsaturated/α-hetero) is 1. The summed E-state index contributed by atoms with van der Waals surface area (Å²) in [6, 6.07) is 35.8. The highest BCUT2D eigenvalue weighted by molar-refractivity contribution is 6.16. The number of nitrogens with one attached hydrogen (secondary N) is 1. The topological polar surface area (TPSA) is 58.6 Å². The van der Waals surface area contributed by atoms with Gasteiger partial charge in [0.15, 0.2) is 5.78 Å². The van der Waals surface area contributed by atoms with Crippen molar-refractivity contribution in [2.75, 3.05) is 11.9 Å². The van der Waals surface area contributed by atoms with Gasteiger partial charge in [0.1, 0.15) is 22.8 Å². The van der Waals surface area contributed by atoms with Crippen LogP contribution in [0.2, 0.25) is 0 Å². The molecule has 4 aromatic carbocycles. The van der Waals surface area contributed by atoms with Crippen LogP contribution in [0.4, 0.5) is 5.69 Å². The molecule has 0 radical (unpaired) electrons. The van der Waals surface area contributed by atoms with E-state index in [1.165, 1.54) is 0 Å². The fraction of sp³-hybridized carbons (Fsp3) is 0.235. The van der Waals surface area contributed by atoms with Gasteiger partial charge in [0.25, 0.3) is 5.91 Å². The average molecular weight is 513 g/mol. The highest BCUT2D eigenvalue weighted by Gasteiger charge is 2.81. The van der Waals surface area contributed by atoms with Crippen LogP contribution in [0.15, 0.2) is 109 Å². The highest BCUT2D eigenvalue weighted by Crippen LogP contribution is 2.73. The molecular weight excluding hydrogens is 484 g/mol. The molecule has 2 fully saturated rings. The molecule has 4 heterocycles. The number of para-hydroxylation sites is 2. The van der Waals surface area contributed by atoms with Crippen molar-refractivity contribution in [1.29, 1.82) is 0 Å². The summed E-state index contributed by atoms with van der Waals surface area (Å²) in [4.78, 5) is 32.5. The number of carbonyl (C=O) groups excluding carboxylic acids is 2. The number of rotatable bonds is 2. The van der Waals surface area contributed by atoms with Gasteiger partial charge >= 0.3 is 0 Å². The van der Waals surface area contributed by atoms with Crippen molar-refractivity contribution in [3.63, 3.8) is 0 Å². The molecule has 2 saturated heterocycles. The predicted molar refractivity (Wildman–Crippen MR) is 149 cm³/mol. The Hall–Kier alpha value is -4.22. The van der Waals surface area contributed by atoms with E-state index in [1.54, 1.807) is 0 Å². The Bertz CT molecular complexity index is 1620. The molecule has 39 heavy (non-hydrogen) atoms. The summed E-state index contributed by atoms with van der Waals surface area (Å²) in [6.07, 6.45) is 1.21. The first-order valence-electron chi connectivity index (χ1n) is 13.8. The second kappa shape index (κ2) is 8.14. The third-order valence-electron chi connectivity index (χ3n) is 9.52. The molecule has 0 aromatic heterocycles. The maximum atomic E-state index is 15.5. The number of hydrogen-bond donors (Lipinski definition) is 1. The van der Waals surface area contributed by atoms with Crippen molar-refractivity contribution in [3.05, 3.63) is 131 Å². The number of ether oxygens (including phenoxy) is 1. The molecule has 5 nitrogen and oxygen atoms in total. The van der Waals surface area contributed by atoms with Crippen molar-refractivity contribution in [2.24, 2.45) is 5.41 Å². The monoisotopic (exact) mass is 512 g/mol. The van der Waals surface area contributed by atoms with Crippen LogP contribution < -0.4 is 10.1 Å². The molecule has 2 spiro atoms. The van der Waals surface area contributed by atoms with E-state index in [1.807, 2.05) is 97.1 Å². The highest BCUT2D eigenvalue weighted by atomic mass is 16.5. The molecule has 4 aromatic rings. The van der Waals surface area contributed by atoms with Gasteiger partial charge in [0, 0.05) is 23.2 Å². The maximum absolute atomic E-state index is 15.5. The first-order chi connectivity index (χ1) is 19.2. The third-order valence-corrected chi connectivity index (χ3v) is 9.52. The molecule has 192 valence electrons. The number of hydrogen-bond acceptors (Lipinski definition) is 4. The molecule has 1 amide bonds. The molecule has 4 aliphatic rings. The summed E-state index contributed by atoms with van der Waals surface area (Å²) in [5, 5.41) is 3.21. The summed E-state index contributed by atoms with van der Waals surface area (Å²) in [5.41, 5.74) is 1.70. The van der Waals surface area contributed by atoms with Gasteiger partial charge in [0.2, 0.25) is 0 Å². The van der Waals surface area contributed by atoms with Crippen molar-refractivity contribution in [2.45, 2.75) is 36.4 Å². The smallest absolute Gasteiger partial charge is 0.250 e. The zero-order valence-electron chi connectivity index (χ0n) is 21.4. The second-order valence-corrected chi connectivity index (χ2v) is 11.1. The molecule has 5 atom stereocenters. The van der Waals surface area contributed by atoms with Gasteiger partial charge in [-0.1, -0.05) is 91.0 Å². The Kier molecular flexibility index (Phi) is 4.74. The van der Waals surface area contributed by atoms with Crippen molar-refractivity contribution < 1.29 is 14.3 Å². The van der Waals surface area contributed by atoms with Gasteiger partial charge in [-0.15, -0.1) is 0 Å². The molecule has 1 N–H and O–H groups in total. The molecule has 1 unspecified atom stereocenters. The maximum Gasteiger partial charge on any atom is 0.250 e. The van der Waals surface area contributed by atoms with E-state index >= 15 is 4.79 Å². The second-order valence-electron chi connectivity index (χ2n) is 11.1. The van der Waals surface area contributed by atoms with Gasteiger partial charge in [-0.05, 0) is 48.7 Å². The number of nitrogens with zero attached hydrogens (tertiary/aromatic N) is 1. The van der Waals surface area contributed by atoms with Gasteiger partial charge in [-0.3, -0.25) is 14.5 Å². The number of carbonyl (C=O) groups is 2. The van der Waals surface area contributed by atoms with E-state index in [4.69, 9.17) is 4.74 Å². The van der Waals surface area contributed by atoms with Gasteiger partial charge in [-0.25, -0.2) is 0 Å². The lowest BCUT2D eigenvalue weighted by molar-refractivity contribution is -0.136. The number of benzene rings is 4. The first kappa shape index (κ1) is 22.7. The molecule has 0 bridgehead atoms. The Morgan fingerprint density at radius 3 is 2.23 bits per heavy atom. The summed E-state index contributed by atoms with van der Waals surface area (Å²) in [5.74, 6) is 0.159. The lowest BCUT2D eigenvalue weighted by atomic mass is 9.52. The molecular formula is C34H28N2O3. The molecule has 0 aliphatic carbocycles. The number of ketones is 1. The van der Waals surface area contributed by atoms with Crippen LogP contribution in [0.25, 0.3) is 0 Å². The van der Waals surface area contributed by atoms with Crippen LogP contribution >= 0.6 is 0 Å². The van der Waals surface area contributed by atoms with Crippen LogP contribution in [0, 0.1) is 5.41 Å². The lowest BCUT2D eigenvalue weighted by Gasteiger charge is -2.52. The van der Waals surface area contributed by atoms with E-state index in [0.29, 0.717) is 11.3 Å². The largest absolute Gasteiger partial charge is 0.484 e. The van der Waals surface area contributed by atoms with Gasteiger partial charge < -0.3 is 10.1 Å². The van der Waals surface area contributed by atoms with Crippen molar-refractivity contribution in [3.8, 4) is 5.75 Å². The van der Waals surface area contributed by atoms with Crippen LogP contribution in [0.3, 0.4) is 0 Å². The van der Waals surface area contributed by atoms with Crippen LogP contribution in [-0.2, 0) is 10.3 Å². The number of amides is 1. The van der Waals surface area contributed by atoms with E-state index in [2.05, 4.69) is 22.3 Å². The predicted octanol–water partition coefficient (Wildman–Crippen LogP) is 6.10. The van der Waals surface area contributed by atoms with E-state index in [0.717, 1.165) is 41.8 Å². The summed E-state index contributed by atoms with van der Waals surface area (Å²) in [6.45, 7) is 0.744. The lowest BCUT2D eigenvalue weighted by Crippen LogP contribution is -2.63. The minimum absolute atomic E-state index is 0.00771. The van der Waals surface area contributed by atoms with Gasteiger partial charge in [-0.2, -0.15) is 0 Å². The van der Waals surface area contributed by atoms with Crippen LogP contribution in [0.1, 0.15) is 51.9 Å². The molecule has 4 aliphatic heterocycles. The number of fused-ring (bicyclic) bond motifs is 6. The quantitative estimate of drug-likeness (QED) is 0.353. The van der Waals surface area contributed by atoms with Crippen molar-refractivity contribution in [1.82, 2.24) is 4.90 Å². The molecule has 5 heteroatoms. The fourth-order valence-electron chi connectivity index (χ4n) is 8.34. The Labute approximate surface area is 227 Å². The third kappa shape index (κ3) is 2.68. The normalized spacial score (nSPS) is 30.6. The van der Waals surface area contributed by atoms with E-state index in [9.17, 15) is 4.79 Å². The van der Waals surface area contributed by atoms with Crippen LogP contribution in [0.5, 0.6) is 5.75 Å².